The van der Waals surface area contributed by atoms with Crippen molar-refractivity contribution >= 4 is 0 Å². The van der Waals surface area contributed by atoms with Crippen LogP contribution in [0.15, 0.2) is 0 Å². The normalized spacial score (nSPS) is 47.5. The van der Waals surface area contributed by atoms with Crippen molar-refractivity contribution in [2.24, 2.45) is 11.8 Å². The van der Waals surface area contributed by atoms with E-state index in [2.05, 4.69) is 15.5 Å². The molecule has 1 spiro atoms. The first-order chi connectivity index (χ1) is 14.3. The predicted molar refractivity (Wildman–Crippen MR) is 109 cm³/mol. The van der Waals surface area contributed by atoms with Gasteiger partial charge in [0.25, 0.3) is 0 Å². The number of ether oxygens (including phenoxy) is 3. The second-order valence-electron chi connectivity index (χ2n) is 9.79. The first-order valence-electron chi connectivity index (χ1n) is 11.9. The molecule has 6 nitrogen and oxygen atoms in total. The molecule has 2 N–H and O–H groups in total. The molecule has 6 rings (SSSR count). The predicted octanol–water partition coefficient (Wildman–Crippen LogP) is 1.69. The largest absolute Gasteiger partial charge is 0.378 e. The third-order valence-electron chi connectivity index (χ3n) is 8.19. The van der Waals surface area contributed by atoms with E-state index in [0.29, 0.717) is 31.1 Å². The standard InChI is InChI=1S/C22H38FN3O3/c23-18-6-8-24-21-20(18)16-2-4-17(5-3-16)29-14-19-22(15-27-12-9-25-22)7-1-10-26(19)11-13-28-21/h16-21,24-25H,1-15H2/t16?,17?,18?,19-,20?,21?,22+/m1/s1. The lowest BCUT2D eigenvalue weighted by atomic mass is 9.74. The number of fused-ring (bicyclic) bond motifs is 5. The van der Waals surface area contributed by atoms with Gasteiger partial charge in [0.2, 0.25) is 0 Å². The molecule has 0 aromatic heterocycles. The monoisotopic (exact) mass is 411 g/mol. The lowest BCUT2D eigenvalue weighted by molar-refractivity contribution is -0.0975. The molecule has 0 amide bonds. The number of halogens is 1. The van der Waals surface area contributed by atoms with Crippen molar-refractivity contribution in [3.63, 3.8) is 0 Å². The zero-order valence-electron chi connectivity index (χ0n) is 17.6. The molecule has 1 saturated carbocycles. The maximum atomic E-state index is 14.9. The Hall–Kier alpha value is -0.310. The van der Waals surface area contributed by atoms with Gasteiger partial charge in [-0.2, -0.15) is 0 Å². The van der Waals surface area contributed by atoms with Crippen LogP contribution in [-0.4, -0.2) is 87.6 Å². The highest BCUT2D eigenvalue weighted by atomic mass is 19.1. The van der Waals surface area contributed by atoms with Crippen LogP contribution in [0.25, 0.3) is 0 Å². The smallest absolute Gasteiger partial charge is 0.114 e. The Morgan fingerprint density at radius 1 is 0.966 bits per heavy atom. The topological polar surface area (TPSA) is 55.0 Å². The van der Waals surface area contributed by atoms with Crippen molar-refractivity contribution in [2.75, 3.05) is 52.6 Å². The molecule has 7 heteroatoms. The van der Waals surface area contributed by atoms with Crippen LogP contribution in [0.1, 0.15) is 44.9 Å². The van der Waals surface area contributed by atoms with Crippen molar-refractivity contribution in [2.45, 2.75) is 75.0 Å². The van der Waals surface area contributed by atoms with Gasteiger partial charge in [0.15, 0.2) is 0 Å². The van der Waals surface area contributed by atoms with Gasteiger partial charge < -0.3 is 19.5 Å². The van der Waals surface area contributed by atoms with E-state index < -0.39 is 6.17 Å². The fourth-order valence-electron chi connectivity index (χ4n) is 6.61. The molecule has 0 radical (unpaired) electrons. The number of hydrogen-bond acceptors (Lipinski definition) is 6. The van der Waals surface area contributed by atoms with E-state index in [1.165, 1.54) is 0 Å². The SMILES string of the molecule is FC1CCNC2OCCN3CCC[C@]4(COCCN4)[C@H]3COC3CCC(CC3)C12. The highest BCUT2D eigenvalue weighted by Gasteiger charge is 2.47. The van der Waals surface area contributed by atoms with Crippen molar-refractivity contribution in [3.8, 4) is 0 Å². The van der Waals surface area contributed by atoms with Gasteiger partial charge in [-0.3, -0.25) is 10.2 Å². The molecule has 6 fully saturated rings. The maximum absolute atomic E-state index is 14.9. The molecule has 5 saturated heterocycles. The average Bonchev–Trinajstić information content (AvgIpc) is 2.76. The summed E-state index contributed by atoms with van der Waals surface area (Å²) in [6.07, 6.45) is 6.54. The summed E-state index contributed by atoms with van der Waals surface area (Å²) in [5, 5.41) is 7.29. The summed E-state index contributed by atoms with van der Waals surface area (Å²) in [4.78, 5) is 2.54. The Morgan fingerprint density at radius 3 is 2.69 bits per heavy atom. The van der Waals surface area contributed by atoms with Gasteiger partial charge in [-0.1, -0.05) is 0 Å². The number of rotatable bonds is 0. The Balaban J connectivity index is 1.35. The summed E-state index contributed by atoms with van der Waals surface area (Å²) in [5.74, 6) is 0.396. The molecule has 29 heavy (non-hydrogen) atoms. The minimum atomic E-state index is -0.747. The van der Waals surface area contributed by atoms with Crippen molar-refractivity contribution in [1.29, 1.82) is 0 Å². The number of piperidine rings is 2. The molecular weight excluding hydrogens is 373 g/mol. The van der Waals surface area contributed by atoms with Gasteiger partial charge in [0.05, 0.1) is 44.1 Å². The van der Waals surface area contributed by atoms with Crippen molar-refractivity contribution in [3.05, 3.63) is 0 Å². The van der Waals surface area contributed by atoms with E-state index in [4.69, 9.17) is 14.2 Å². The fraction of sp³-hybridized carbons (Fsp3) is 1.00. The van der Waals surface area contributed by atoms with E-state index in [1.54, 1.807) is 0 Å². The lowest BCUT2D eigenvalue weighted by Gasteiger charge is -2.52. The summed E-state index contributed by atoms with van der Waals surface area (Å²) < 4.78 is 33.7. The van der Waals surface area contributed by atoms with E-state index in [0.717, 1.165) is 84.5 Å². The molecule has 166 valence electrons. The first kappa shape index (κ1) is 20.6. The van der Waals surface area contributed by atoms with Crippen molar-refractivity contribution in [1.82, 2.24) is 15.5 Å². The molecule has 6 aliphatic rings. The summed E-state index contributed by atoms with van der Waals surface area (Å²) in [6.45, 7) is 6.53. The van der Waals surface area contributed by atoms with Gasteiger partial charge in [-0.25, -0.2) is 4.39 Å². The zero-order chi connectivity index (χ0) is 19.7. The average molecular weight is 412 g/mol. The summed E-state index contributed by atoms with van der Waals surface area (Å²) in [6, 6.07) is 0.308. The molecule has 5 aliphatic heterocycles. The molecule has 2 bridgehead atoms. The van der Waals surface area contributed by atoms with Crippen LogP contribution >= 0.6 is 0 Å². The summed E-state index contributed by atoms with van der Waals surface area (Å²) in [7, 11) is 0. The van der Waals surface area contributed by atoms with Crippen molar-refractivity contribution < 1.29 is 18.6 Å². The van der Waals surface area contributed by atoms with Gasteiger partial charge in [0, 0.05) is 25.6 Å². The Morgan fingerprint density at radius 2 is 1.86 bits per heavy atom. The third kappa shape index (κ3) is 4.23. The van der Waals surface area contributed by atoms with Gasteiger partial charge >= 0.3 is 0 Å². The van der Waals surface area contributed by atoms with Crippen LogP contribution in [0.3, 0.4) is 0 Å². The number of hydrogen-bond donors (Lipinski definition) is 2. The molecule has 5 atom stereocenters. The molecule has 5 heterocycles. The number of nitrogens with one attached hydrogen (secondary N) is 2. The third-order valence-corrected chi connectivity index (χ3v) is 8.19. The highest BCUT2D eigenvalue weighted by molar-refractivity contribution is 5.05. The Labute approximate surface area is 174 Å². The molecule has 3 unspecified atom stereocenters. The zero-order valence-corrected chi connectivity index (χ0v) is 17.6. The van der Waals surface area contributed by atoms with Crippen LogP contribution in [0.2, 0.25) is 0 Å². The van der Waals surface area contributed by atoms with Crippen LogP contribution in [0.5, 0.6) is 0 Å². The molecular formula is C22H38FN3O3. The lowest BCUT2D eigenvalue weighted by Crippen LogP contribution is -2.70. The van der Waals surface area contributed by atoms with Crippen LogP contribution in [0, 0.1) is 11.8 Å². The molecule has 0 aromatic rings. The minimum Gasteiger partial charge on any atom is -0.378 e. The first-order valence-corrected chi connectivity index (χ1v) is 11.9. The van der Waals surface area contributed by atoms with Crippen LogP contribution in [-0.2, 0) is 14.2 Å². The van der Waals surface area contributed by atoms with Gasteiger partial charge in [-0.05, 0) is 57.4 Å². The quantitative estimate of drug-likeness (QED) is 0.633. The molecule has 0 aromatic carbocycles. The number of alkyl halides is 1. The van der Waals surface area contributed by atoms with Crippen LogP contribution < -0.4 is 10.6 Å². The van der Waals surface area contributed by atoms with E-state index in [9.17, 15) is 4.39 Å². The number of morpholine rings is 1. The van der Waals surface area contributed by atoms with E-state index in [-0.39, 0.29) is 17.7 Å². The Bertz CT molecular complexity index is 534. The second kappa shape index (κ2) is 9.05. The Kier molecular flexibility index (Phi) is 6.42. The van der Waals surface area contributed by atoms with E-state index >= 15 is 0 Å². The maximum Gasteiger partial charge on any atom is 0.114 e. The summed E-state index contributed by atoms with van der Waals surface area (Å²) >= 11 is 0. The fourth-order valence-corrected chi connectivity index (χ4v) is 6.61. The molecule has 1 aliphatic carbocycles. The van der Waals surface area contributed by atoms with Gasteiger partial charge in [0.1, 0.15) is 12.4 Å². The highest BCUT2D eigenvalue weighted by Crippen LogP contribution is 2.39. The second-order valence-corrected chi connectivity index (χ2v) is 9.79. The minimum absolute atomic E-state index is 0.0104. The van der Waals surface area contributed by atoms with E-state index in [1.807, 2.05) is 0 Å². The van der Waals surface area contributed by atoms with Gasteiger partial charge in [-0.15, -0.1) is 0 Å². The van der Waals surface area contributed by atoms with Crippen LogP contribution in [0.4, 0.5) is 4.39 Å². The number of nitrogens with zero attached hydrogens (tertiary/aromatic N) is 1. The summed E-state index contributed by atoms with van der Waals surface area (Å²) in [5.41, 5.74) is -0.0104.